The van der Waals surface area contributed by atoms with E-state index in [-0.39, 0.29) is 11.9 Å². The minimum atomic E-state index is -0.361. The van der Waals surface area contributed by atoms with Gasteiger partial charge in [-0.2, -0.15) is 0 Å². The first-order chi connectivity index (χ1) is 8.20. The molecule has 0 unspecified atom stereocenters. The summed E-state index contributed by atoms with van der Waals surface area (Å²) in [4.78, 5) is 19.0. The van der Waals surface area contributed by atoms with Gasteiger partial charge in [0.05, 0.1) is 22.8 Å². The Hall–Kier alpha value is -1.82. The molecule has 0 amide bonds. The van der Waals surface area contributed by atoms with Crippen LogP contribution in [0.3, 0.4) is 0 Å². The summed E-state index contributed by atoms with van der Waals surface area (Å²) < 4.78 is 13.4. The summed E-state index contributed by atoms with van der Waals surface area (Å²) in [5.41, 5.74) is 0.329. The third-order valence-corrected chi connectivity index (χ3v) is 3.03. The largest absolute Gasteiger partial charge is 0.353 e. The van der Waals surface area contributed by atoms with Crippen LogP contribution in [0.5, 0.6) is 0 Å². The Kier molecular flexibility index (Phi) is 3.43. The maximum atomic E-state index is 13.4. The average Bonchev–Trinajstić information content (AvgIpc) is 2.77. The molecule has 0 fully saturated rings. The number of halogens is 1. The van der Waals surface area contributed by atoms with Gasteiger partial charge in [-0.25, -0.2) is 9.37 Å². The summed E-state index contributed by atoms with van der Waals surface area (Å²) in [6.07, 6.45) is 3.74. The van der Waals surface area contributed by atoms with Gasteiger partial charge < -0.3 is 5.32 Å². The first kappa shape index (κ1) is 11.7. The lowest BCUT2D eigenvalue weighted by Gasteiger charge is -2.12. The first-order valence-corrected chi connectivity index (χ1v) is 5.80. The monoisotopic (exact) mass is 251 g/mol. The standard InChI is InChI=1S/C11H10FN3OS/c1-7(10-9(12)3-2-4-13-10)15-11-14-5-8(6-16)17-11/h2-7H,1H3,(H,14,15)/t7-/m0/s1. The molecule has 17 heavy (non-hydrogen) atoms. The lowest BCUT2D eigenvalue weighted by molar-refractivity contribution is 0.112. The molecule has 2 heterocycles. The zero-order valence-corrected chi connectivity index (χ0v) is 9.87. The topological polar surface area (TPSA) is 54.9 Å². The van der Waals surface area contributed by atoms with E-state index in [9.17, 15) is 9.18 Å². The van der Waals surface area contributed by atoms with Gasteiger partial charge in [-0.15, -0.1) is 0 Å². The van der Waals surface area contributed by atoms with Crippen LogP contribution in [-0.2, 0) is 0 Å². The highest BCUT2D eigenvalue weighted by molar-refractivity contribution is 7.17. The van der Waals surface area contributed by atoms with Crippen LogP contribution < -0.4 is 5.32 Å². The van der Waals surface area contributed by atoms with Gasteiger partial charge in [0.2, 0.25) is 0 Å². The van der Waals surface area contributed by atoms with Gasteiger partial charge in [-0.1, -0.05) is 11.3 Å². The van der Waals surface area contributed by atoms with Crippen LogP contribution in [0.1, 0.15) is 28.3 Å². The van der Waals surface area contributed by atoms with Crippen LogP contribution in [0.25, 0.3) is 0 Å². The van der Waals surface area contributed by atoms with Gasteiger partial charge in [0.15, 0.2) is 11.4 Å². The lowest BCUT2D eigenvalue weighted by atomic mass is 10.2. The van der Waals surface area contributed by atoms with Gasteiger partial charge in [0.1, 0.15) is 5.82 Å². The number of anilines is 1. The maximum absolute atomic E-state index is 13.4. The van der Waals surface area contributed by atoms with Gasteiger partial charge in [0, 0.05) is 6.20 Å². The van der Waals surface area contributed by atoms with Crippen LogP contribution in [-0.4, -0.2) is 16.3 Å². The SMILES string of the molecule is C[C@H](Nc1ncc(C=O)s1)c1ncccc1F. The summed E-state index contributed by atoms with van der Waals surface area (Å²) in [6.45, 7) is 1.79. The van der Waals surface area contributed by atoms with Crippen molar-refractivity contribution in [3.8, 4) is 0 Å². The summed E-state index contributed by atoms with van der Waals surface area (Å²) >= 11 is 1.22. The Balaban J connectivity index is 2.14. The van der Waals surface area contributed by atoms with Gasteiger partial charge >= 0.3 is 0 Å². The van der Waals surface area contributed by atoms with E-state index in [0.717, 1.165) is 6.29 Å². The molecule has 1 atom stereocenters. The van der Waals surface area contributed by atoms with Crippen LogP contribution >= 0.6 is 11.3 Å². The number of aldehydes is 1. The molecule has 0 saturated carbocycles. The second-order valence-corrected chi connectivity index (χ2v) is 4.48. The Labute approximate surface area is 102 Å². The second-order valence-electron chi connectivity index (χ2n) is 3.42. The number of nitrogens with one attached hydrogen (secondary N) is 1. The predicted molar refractivity (Wildman–Crippen MR) is 63.7 cm³/mol. The fraction of sp³-hybridized carbons (Fsp3) is 0.182. The van der Waals surface area contributed by atoms with Crippen LogP contribution in [0, 0.1) is 5.82 Å². The van der Waals surface area contributed by atoms with Crippen molar-refractivity contribution in [3.63, 3.8) is 0 Å². The quantitative estimate of drug-likeness (QED) is 0.849. The van der Waals surface area contributed by atoms with E-state index in [1.807, 2.05) is 0 Å². The molecule has 0 spiro atoms. The minimum Gasteiger partial charge on any atom is -0.353 e. The molecular weight excluding hydrogens is 241 g/mol. The van der Waals surface area contributed by atoms with Crippen molar-refractivity contribution >= 4 is 22.8 Å². The van der Waals surface area contributed by atoms with Crippen molar-refractivity contribution in [3.05, 3.63) is 40.9 Å². The molecule has 2 rings (SSSR count). The highest BCUT2D eigenvalue weighted by atomic mass is 32.1. The molecule has 0 saturated heterocycles. The van der Waals surface area contributed by atoms with Gasteiger partial charge in [-0.3, -0.25) is 9.78 Å². The predicted octanol–water partition coefficient (Wildman–Crippen LogP) is 2.66. The van der Waals surface area contributed by atoms with E-state index in [1.165, 1.54) is 29.8 Å². The van der Waals surface area contributed by atoms with Crippen molar-refractivity contribution in [1.82, 2.24) is 9.97 Å². The van der Waals surface area contributed by atoms with E-state index >= 15 is 0 Å². The molecule has 2 aromatic heterocycles. The van der Waals surface area contributed by atoms with Crippen molar-refractivity contribution in [2.75, 3.05) is 5.32 Å². The van der Waals surface area contributed by atoms with Crippen molar-refractivity contribution in [2.24, 2.45) is 0 Å². The Morgan fingerprint density at radius 3 is 3.00 bits per heavy atom. The Morgan fingerprint density at radius 2 is 2.35 bits per heavy atom. The smallest absolute Gasteiger partial charge is 0.183 e. The number of hydrogen-bond acceptors (Lipinski definition) is 5. The fourth-order valence-corrected chi connectivity index (χ4v) is 2.10. The average molecular weight is 251 g/mol. The van der Waals surface area contributed by atoms with Crippen LogP contribution in [0.4, 0.5) is 9.52 Å². The molecule has 4 nitrogen and oxygen atoms in total. The van der Waals surface area contributed by atoms with Crippen molar-refractivity contribution in [1.29, 1.82) is 0 Å². The summed E-state index contributed by atoms with van der Waals surface area (Å²) in [6, 6.07) is 2.60. The zero-order valence-electron chi connectivity index (χ0n) is 9.05. The first-order valence-electron chi connectivity index (χ1n) is 4.98. The van der Waals surface area contributed by atoms with Crippen LogP contribution in [0.2, 0.25) is 0 Å². The summed E-state index contributed by atoms with van der Waals surface area (Å²) in [5, 5.41) is 3.57. The molecule has 88 valence electrons. The number of pyridine rings is 1. The Morgan fingerprint density at radius 1 is 1.53 bits per heavy atom. The highest BCUT2D eigenvalue weighted by Crippen LogP contribution is 2.22. The zero-order chi connectivity index (χ0) is 12.3. The molecule has 0 aliphatic carbocycles. The highest BCUT2D eigenvalue weighted by Gasteiger charge is 2.13. The third-order valence-electron chi connectivity index (χ3n) is 2.18. The van der Waals surface area contributed by atoms with Crippen molar-refractivity contribution < 1.29 is 9.18 Å². The number of hydrogen-bond donors (Lipinski definition) is 1. The molecule has 0 aliphatic heterocycles. The summed E-state index contributed by atoms with van der Waals surface area (Å²) in [5.74, 6) is -0.361. The van der Waals surface area contributed by atoms with E-state index in [1.54, 1.807) is 13.0 Å². The number of nitrogens with zero attached hydrogens (tertiary/aromatic N) is 2. The molecule has 6 heteroatoms. The number of aromatic nitrogens is 2. The molecule has 0 bridgehead atoms. The molecule has 1 N–H and O–H groups in total. The van der Waals surface area contributed by atoms with Crippen LogP contribution in [0.15, 0.2) is 24.5 Å². The van der Waals surface area contributed by atoms with Gasteiger partial charge in [0.25, 0.3) is 0 Å². The molecular formula is C11H10FN3OS. The second kappa shape index (κ2) is 5.01. The molecule has 0 radical (unpaired) electrons. The summed E-state index contributed by atoms with van der Waals surface area (Å²) in [7, 11) is 0. The van der Waals surface area contributed by atoms with E-state index in [0.29, 0.717) is 15.7 Å². The van der Waals surface area contributed by atoms with Gasteiger partial charge in [-0.05, 0) is 19.1 Å². The lowest BCUT2D eigenvalue weighted by Crippen LogP contribution is -2.10. The number of thiazole rings is 1. The number of carbonyl (C=O) groups excluding carboxylic acids is 1. The van der Waals surface area contributed by atoms with Crippen molar-refractivity contribution in [2.45, 2.75) is 13.0 Å². The fourth-order valence-electron chi connectivity index (χ4n) is 1.38. The van der Waals surface area contributed by atoms with E-state index in [2.05, 4.69) is 15.3 Å². The molecule has 2 aromatic rings. The number of rotatable bonds is 4. The number of carbonyl (C=O) groups is 1. The van der Waals surface area contributed by atoms with E-state index in [4.69, 9.17) is 0 Å². The van der Waals surface area contributed by atoms with E-state index < -0.39 is 0 Å². The molecule has 0 aromatic carbocycles. The minimum absolute atomic E-state index is 0.304. The normalized spacial score (nSPS) is 12.1. The maximum Gasteiger partial charge on any atom is 0.183 e. The Bertz CT molecular complexity index is 529. The third kappa shape index (κ3) is 2.65. The molecule has 0 aliphatic rings.